The number of furan rings is 1. The van der Waals surface area contributed by atoms with E-state index in [1.165, 1.54) is 5.56 Å². The third kappa shape index (κ3) is 5.72. The second kappa shape index (κ2) is 9.94. The van der Waals surface area contributed by atoms with E-state index in [0.717, 1.165) is 22.4 Å². The molecule has 0 unspecified atom stereocenters. The molecule has 0 saturated heterocycles. The molecule has 152 valence electrons. The van der Waals surface area contributed by atoms with Crippen LogP contribution in [0.15, 0.2) is 59.0 Å². The van der Waals surface area contributed by atoms with Gasteiger partial charge in [0.15, 0.2) is 5.76 Å². The maximum absolute atomic E-state index is 12.4. The van der Waals surface area contributed by atoms with Crippen molar-refractivity contribution in [1.82, 2.24) is 5.32 Å². The first-order valence-electron chi connectivity index (χ1n) is 9.78. The zero-order chi connectivity index (χ0) is 20.6. The number of hydrogen-bond acceptors (Lipinski definition) is 4. The van der Waals surface area contributed by atoms with E-state index in [4.69, 9.17) is 13.9 Å². The van der Waals surface area contributed by atoms with E-state index < -0.39 is 0 Å². The second-order valence-corrected chi connectivity index (χ2v) is 6.91. The van der Waals surface area contributed by atoms with Crippen LogP contribution in [0.5, 0.6) is 5.75 Å². The standard InChI is InChI=1S/C24H27NO4/c1-4-27-15-20-8-6-5-7-19(20)14-25-24(26)23-12-10-21(29-23)16-28-22-11-9-17(2)13-18(22)3/h5-13H,4,14-16H2,1-3H3,(H,25,26). The zero-order valence-corrected chi connectivity index (χ0v) is 17.2. The predicted molar refractivity (Wildman–Crippen MR) is 112 cm³/mol. The number of benzene rings is 2. The van der Waals surface area contributed by atoms with Crippen molar-refractivity contribution in [3.05, 3.63) is 88.4 Å². The molecule has 0 radical (unpaired) electrons. The number of ether oxygens (including phenoxy) is 2. The monoisotopic (exact) mass is 393 g/mol. The molecule has 0 fully saturated rings. The van der Waals surface area contributed by atoms with Gasteiger partial charge in [0.25, 0.3) is 5.91 Å². The number of hydrogen-bond donors (Lipinski definition) is 1. The van der Waals surface area contributed by atoms with Gasteiger partial charge in [0.05, 0.1) is 6.61 Å². The van der Waals surface area contributed by atoms with Gasteiger partial charge in [-0.3, -0.25) is 4.79 Å². The van der Waals surface area contributed by atoms with Gasteiger partial charge in [-0.05, 0) is 55.7 Å². The molecule has 5 nitrogen and oxygen atoms in total. The Morgan fingerprint density at radius 3 is 2.55 bits per heavy atom. The molecule has 5 heteroatoms. The average molecular weight is 393 g/mol. The van der Waals surface area contributed by atoms with Gasteiger partial charge in [-0.1, -0.05) is 42.0 Å². The van der Waals surface area contributed by atoms with E-state index in [-0.39, 0.29) is 18.3 Å². The fourth-order valence-electron chi connectivity index (χ4n) is 3.03. The molecule has 2 aromatic carbocycles. The van der Waals surface area contributed by atoms with Crippen molar-refractivity contribution in [2.24, 2.45) is 0 Å². The Labute approximate surface area is 171 Å². The van der Waals surface area contributed by atoms with E-state index in [9.17, 15) is 4.79 Å². The molecule has 0 aliphatic carbocycles. The van der Waals surface area contributed by atoms with Crippen molar-refractivity contribution >= 4 is 5.91 Å². The molecular formula is C24H27NO4. The van der Waals surface area contributed by atoms with Gasteiger partial charge in [-0.25, -0.2) is 0 Å². The molecule has 0 aliphatic rings. The molecule has 0 spiro atoms. The minimum absolute atomic E-state index is 0.256. The first-order chi connectivity index (χ1) is 14.1. The summed E-state index contributed by atoms with van der Waals surface area (Å²) in [6, 6.07) is 17.4. The van der Waals surface area contributed by atoms with Crippen LogP contribution in [0, 0.1) is 13.8 Å². The molecule has 1 aromatic heterocycles. The Morgan fingerprint density at radius 1 is 1.00 bits per heavy atom. The largest absolute Gasteiger partial charge is 0.485 e. The van der Waals surface area contributed by atoms with Gasteiger partial charge >= 0.3 is 0 Å². The van der Waals surface area contributed by atoms with Gasteiger partial charge in [0.1, 0.15) is 18.1 Å². The summed E-state index contributed by atoms with van der Waals surface area (Å²) in [5.74, 6) is 1.43. The third-order valence-electron chi connectivity index (χ3n) is 4.61. The number of nitrogens with one attached hydrogen (secondary N) is 1. The van der Waals surface area contributed by atoms with Crippen LogP contribution in [0.3, 0.4) is 0 Å². The van der Waals surface area contributed by atoms with Crippen molar-refractivity contribution in [3.8, 4) is 5.75 Å². The van der Waals surface area contributed by atoms with E-state index in [2.05, 4.69) is 11.4 Å². The highest BCUT2D eigenvalue weighted by Gasteiger charge is 2.12. The van der Waals surface area contributed by atoms with Gasteiger partial charge in [-0.15, -0.1) is 0 Å². The van der Waals surface area contributed by atoms with E-state index in [1.807, 2.05) is 57.2 Å². The number of carbonyl (C=O) groups excluding carboxylic acids is 1. The van der Waals surface area contributed by atoms with E-state index in [1.54, 1.807) is 12.1 Å². The zero-order valence-electron chi connectivity index (χ0n) is 17.2. The van der Waals surface area contributed by atoms with Crippen LogP contribution in [0.25, 0.3) is 0 Å². The maximum atomic E-state index is 12.4. The highest BCUT2D eigenvalue weighted by atomic mass is 16.5. The van der Waals surface area contributed by atoms with Crippen molar-refractivity contribution in [2.45, 2.75) is 40.5 Å². The Morgan fingerprint density at radius 2 is 1.79 bits per heavy atom. The molecular weight excluding hydrogens is 366 g/mol. The summed E-state index contributed by atoms with van der Waals surface area (Å²) in [7, 11) is 0. The van der Waals surface area contributed by atoms with E-state index >= 15 is 0 Å². The second-order valence-electron chi connectivity index (χ2n) is 6.91. The minimum atomic E-state index is -0.256. The van der Waals surface area contributed by atoms with Crippen molar-refractivity contribution in [1.29, 1.82) is 0 Å². The van der Waals surface area contributed by atoms with Crippen LogP contribution < -0.4 is 10.1 Å². The lowest BCUT2D eigenvalue weighted by Gasteiger charge is -2.10. The lowest BCUT2D eigenvalue weighted by atomic mass is 10.1. The van der Waals surface area contributed by atoms with Crippen molar-refractivity contribution in [3.63, 3.8) is 0 Å². The lowest BCUT2D eigenvalue weighted by Crippen LogP contribution is -2.23. The van der Waals surface area contributed by atoms with Gasteiger partial charge < -0.3 is 19.2 Å². The summed E-state index contributed by atoms with van der Waals surface area (Å²) in [5.41, 5.74) is 4.35. The average Bonchev–Trinajstić information content (AvgIpc) is 3.19. The summed E-state index contributed by atoms with van der Waals surface area (Å²) in [6.45, 7) is 7.88. The van der Waals surface area contributed by atoms with Crippen LogP contribution in [0.4, 0.5) is 0 Å². The molecule has 1 heterocycles. The molecule has 1 N–H and O–H groups in total. The summed E-state index contributed by atoms with van der Waals surface area (Å²) in [4.78, 5) is 12.4. The highest BCUT2D eigenvalue weighted by Crippen LogP contribution is 2.20. The van der Waals surface area contributed by atoms with Crippen LogP contribution in [-0.4, -0.2) is 12.5 Å². The quantitative estimate of drug-likeness (QED) is 0.559. The molecule has 0 saturated carbocycles. The lowest BCUT2D eigenvalue weighted by molar-refractivity contribution is 0.0918. The minimum Gasteiger partial charge on any atom is -0.485 e. The van der Waals surface area contributed by atoms with Crippen LogP contribution in [-0.2, 0) is 24.5 Å². The first kappa shape index (κ1) is 20.7. The number of amides is 1. The predicted octanol–water partition coefficient (Wildman–Crippen LogP) is 4.94. The summed E-state index contributed by atoms with van der Waals surface area (Å²) < 4.78 is 17.0. The molecule has 29 heavy (non-hydrogen) atoms. The molecule has 0 aliphatic heterocycles. The Balaban J connectivity index is 1.55. The Bertz CT molecular complexity index is 961. The Kier molecular flexibility index (Phi) is 7.09. The molecule has 3 rings (SSSR count). The van der Waals surface area contributed by atoms with Crippen LogP contribution in [0.2, 0.25) is 0 Å². The number of aryl methyl sites for hydroxylation is 2. The molecule has 3 aromatic rings. The van der Waals surface area contributed by atoms with Gasteiger partial charge in [0.2, 0.25) is 0 Å². The maximum Gasteiger partial charge on any atom is 0.287 e. The van der Waals surface area contributed by atoms with Gasteiger partial charge in [-0.2, -0.15) is 0 Å². The van der Waals surface area contributed by atoms with Gasteiger partial charge in [0, 0.05) is 13.2 Å². The Hall–Kier alpha value is -3.05. The fourth-order valence-corrected chi connectivity index (χ4v) is 3.03. The highest BCUT2D eigenvalue weighted by molar-refractivity contribution is 5.91. The molecule has 0 bridgehead atoms. The van der Waals surface area contributed by atoms with E-state index in [0.29, 0.717) is 25.5 Å². The van der Waals surface area contributed by atoms with Crippen molar-refractivity contribution < 1.29 is 18.7 Å². The number of carbonyl (C=O) groups is 1. The molecule has 0 atom stereocenters. The summed E-state index contributed by atoms with van der Waals surface area (Å²) >= 11 is 0. The number of rotatable bonds is 9. The topological polar surface area (TPSA) is 60.7 Å². The summed E-state index contributed by atoms with van der Waals surface area (Å²) in [6.07, 6.45) is 0. The fraction of sp³-hybridized carbons (Fsp3) is 0.292. The first-order valence-corrected chi connectivity index (χ1v) is 9.78. The summed E-state index contributed by atoms with van der Waals surface area (Å²) in [5, 5.41) is 2.91. The smallest absolute Gasteiger partial charge is 0.287 e. The molecule has 1 amide bonds. The van der Waals surface area contributed by atoms with Crippen LogP contribution in [0.1, 0.15) is 45.5 Å². The normalized spacial score (nSPS) is 10.7. The van der Waals surface area contributed by atoms with Crippen LogP contribution >= 0.6 is 0 Å². The SMILES string of the molecule is CCOCc1ccccc1CNC(=O)c1ccc(COc2ccc(C)cc2C)o1. The van der Waals surface area contributed by atoms with Crippen molar-refractivity contribution in [2.75, 3.05) is 6.61 Å². The third-order valence-corrected chi connectivity index (χ3v) is 4.61.